The van der Waals surface area contributed by atoms with Crippen molar-refractivity contribution < 1.29 is 14.7 Å². The zero-order valence-electron chi connectivity index (χ0n) is 11.8. The van der Waals surface area contributed by atoms with Crippen molar-refractivity contribution in [3.05, 3.63) is 45.6 Å². The molecular weight excluding hydrogens is 336 g/mol. The van der Waals surface area contributed by atoms with Gasteiger partial charge in [-0.1, -0.05) is 0 Å². The third kappa shape index (κ3) is 2.96. The lowest BCUT2D eigenvalue weighted by Gasteiger charge is -2.04. The number of nitrogens with zero attached hydrogens (tertiary/aromatic N) is 3. The summed E-state index contributed by atoms with van der Waals surface area (Å²) < 4.78 is 0. The fraction of sp³-hybridized carbons (Fsp3) is 0.0714. The lowest BCUT2D eigenvalue weighted by atomic mass is 10.1. The van der Waals surface area contributed by atoms with Crippen molar-refractivity contribution >= 4 is 39.6 Å². The Kier molecular flexibility index (Phi) is 4.13. The summed E-state index contributed by atoms with van der Waals surface area (Å²) in [7, 11) is 0. The quantitative estimate of drug-likeness (QED) is 0.752. The maximum absolute atomic E-state index is 12.3. The van der Waals surface area contributed by atoms with Gasteiger partial charge in [-0.2, -0.15) is 0 Å². The number of carboxylic acids is 1. The van der Waals surface area contributed by atoms with Crippen LogP contribution in [0.5, 0.6) is 0 Å². The van der Waals surface area contributed by atoms with Crippen molar-refractivity contribution in [2.75, 3.05) is 5.32 Å². The average molecular weight is 346 g/mol. The first-order valence-corrected chi connectivity index (χ1v) is 8.16. The number of anilines is 1. The van der Waals surface area contributed by atoms with Gasteiger partial charge in [-0.15, -0.1) is 22.7 Å². The molecular formula is C14H10N4O3S2. The SMILES string of the molecule is Cc1ncsc1C(=O)Nc1scc(-c2cnccn2)c1C(=O)O. The average Bonchev–Trinajstić information content (AvgIpc) is 3.14. The summed E-state index contributed by atoms with van der Waals surface area (Å²) in [5.74, 6) is -1.51. The van der Waals surface area contributed by atoms with Crippen LogP contribution in [0.4, 0.5) is 5.00 Å². The van der Waals surface area contributed by atoms with Crippen molar-refractivity contribution in [2.24, 2.45) is 0 Å². The number of amides is 1. The molecule has 0 radical (unpaired) electrons. The summed E-state index contributed by atoms with van der Waals surface area (Å²) in [6.45, 7) is 1.73. The molecule has 0 aliphatic rings. The van der Waals surface area contributed by atoms with Crippen LogP contribution in [0, 0.1) is 6.92 Å². The van der Waals surface area contributed by atoms with Crippen LogP contribution in [0.1, 0.15) is 25.7 Å². The molecule has 0 spiro atoms. The second kappa shape index (κ2) is 6.23. The maximum atomic E-state index is 12.3. The Labute approximate surface area is 138 Å². The molecule has 3 rings (SSSR count). The summed E-state index contributed by atoms with van der Waals surface area (Å²) in [5, 5.41) is 14.0. The largest absolute Gasteiger partial charge is 0.478 e. The summed E-state index contributed by atoms with van der Waals surface area (Å²) in [4.78, 5) is 36.4. The molecule has 1 amide bonds. The van der Waals surface area contributed by atoms with Gasteiger partial charge in [0.2, 0.25) is 0 Å². The molecule has 0 unspecified atom stereocenters. The van der Waals surface area contributed by atoms with Crippen molar-refractivity contribution in [1.29, 1.82) is 0 Å². The molecule has 0 aromatic carbocycles. The minimum atomic E-state index is -1.14. The van der Waals surface area contributed by atoms with Gasteiger partial charge in [0.25, 0.3) is 5.91 Å². The van der Waals surface area contributed by atoms with Gasteiger partial charge < -0.3 is 10.4 Å². The Hall–Kier alpha value is -2.65. The standard InChI is InChI=1S/C14H10N4O3S2/c1-7-11(23-6-17-7)12(19)18-13-10(14(20)21)8(5-22-13)9-4-15-2-3-16-9/h2-6H,1H3,(H,18,19)(H,20,21). The smallest absolute Gasteiger partial charge is 0.339 e. The van der Waals surface area contributed by atoms with E-state index in [9.17, 15) is 14.7 Å². The van der Waals surface area contributed by atoms with Gasteiger partial charge in [0.15, 0.2) is 0 Å². The van der Waals surface area contributed by atoms with E-state index >= 15 is 0 Å². The molecule has 3 aromatic rings. The topological polar surface area (TPSA) is 105 Å². The van der Waals surface area contributed by atoms with Crippen LogP contribution in [0.3, 0.4) is 0 Å². The highest BCUT2D eigenvalue weighted by Gasteiger charge is 2.23. The van der Waals surface area contributed by atoms with Gasteiger partial charge in [-0.05, 0) is 6.92 Å². The Morgan fingerprint density at radius 2 is 2.04 bits per heavy atom. The summed E-state index contributed by atoms with van der Waals surface area (Å²) in [5.41, 5.74) is 3.05. The number of thiazole rings is 1. The molecule has 2 N–H and O–H groups in total. The van der Waals surface area contributed by atoms with Crippen LogP contribution >= 0.6 is 22.7 Å². The highest BCUT2D eigenvalue weighted by atomic mass is 32.1. The Bertz CT molecular complexity index is 873. The molecule has 9 heteroatoms. The number of nitrogens with one attached hydrogen (secondary N) is 1. The molecule has 0 bridgehead atoms. The summed E-state index contributed by atoms with van der Waals surface area (Å²) >= 11 is 2.34. The lowest BCUT2D eigenvalue weighted by Crippen LogP contribution is -2.13. The van der Waals surface area contributed by atoms with Crippen molar-refractivity contribution in [3.8, 4) is 11.3 Å². The molecule has 3 aromatic heterocycles. The van der Waals surface area contributed by atoms with E-state index in [1.807, 2.05) is 0 Å². The normalized spacial score (nSPS) is 10.5. The summed E-state index contributed by atoms with van der Waals surface area (Å²) in [6, 6.07) is 0. The number of rotatable bonds is 4. The Morgan fingerprint density at radius 1 is 1.22 bits per heavy atom. The first-order chi connectivity index (χ1) is 11.1. The van der Waals surface area contributed by atoms with E-state index in [1.54, 1.807) is 17.8 Å². The van der Waals surface area contributed by atoms with E-state index in [2.05, 4.69) is 20.3 Å². The molecule has 0 fully saturated rings. The van der Waals surface area contributed by atoms with Gasteiger partial charge >= 0.3 is 5.97 Å². The molecule has 7 nitrogen and oxygen atoms in total. The second-order valence-electron chi connectivity index (χ2n) is 4.47. The van der Waals surface area contributed by atoms with Crippen molar-refractivity contribution in [2.45, 2.75) is 6.92 Å². The van der Waals surface area contributed by atoms with Crippen LogP contribution in [0.15, 0.2) is 29.5 Å². The number of carbonyl (C=O) groups is 2. The van der Waals surface area contributed by atoms with E-state index in [1.165, 1.54) is 29.9 Å². The van der Waals surface area contributed by atoms with Crippen molar-refractivity contribution in [1.82, 2.24) is 15.0 Å². The van der Waals surface area contributed by atoms with Crippen LogP contribution in [-0.2, 0) is 0 Å². The molecule has 0 aliphatic heterocycles. The highest BCUT2D eigenvalue weighted by molar-refractivity contribution is 7.15. The zero-order valence-corrected chi connectivity index (χ0v) is 13.4. The van der Waals surface area contributed by atoms with E-state index < -0.39 is 5.97 Å². The van der Waals surface area contributed by atoms with Gasteiger partial charge in [0.05, 0.1) is 23.1 Å². The number of carbonyl (C=O) groups excluding carboxylic acids is 1. The van der Waals surface area contributed by atoms with Gasteiger partial charge in [-0.3, -0.25) is 14.8 Å². The molecule has 23 heavy (non-hydrogen) atoms. The second-order valence-corrected chi connectivity index (χ2v) is 6.20. The first-order valence-electron chi connectivity index (χ1n) is 6.40. The predicted molar refractivity (Wildman–Crippen MR) is 87.1 cm³/mol. The van der Waals surface area contributed by atoms with Crippen LogP contribution in [-0.4, -0.2) is 31.9 Å². The molecule has 0 aliphatic carbocycles. The predicted octanol–water partition coefficient (Wildman–Crippen LogP) is 2.92. The number of aromatic carboxylic acids is 1. The minimum Gasteiger partial charge on any atom is -0.478 e. The van der Waals surface area contributed by atoms with Crippen LogP contribution < -0.4 is 5.32 Å². The Morgan fingerprint density at radius 3 is 2.65 bits per heavy atom. The minimum absolute atomic E-state index is 0.00557. The number of aryl methyl sites for hydroxylation is 1. The number of hydrogen-bond acceptors (Lipinski definition) is 7. The fourth-order valence-electron chi connectivity index (χ4n) is 1.97. The number of thiophene rings is 1. The van der Waals surface area contributed by atoms with E-state index in [4.69, 9.17) is 0 Å². The highest BCUT2D eigenvalue weighted by Crippen LogP contribution is 2.35. The fourth-order valence-corrected chi connectivity index (χ4v) is 3.61. The van der Waals surface area contributed by atoms with E-state index in [-0.39, 0.29) is 16.5 Å². The summed E-state index contributed by atoms with van der Waals surface area (Å²) in [6.07, 6.45) is 4.47. The molecule has 3 heterocycles. The maximum Gasteiger partial charge on any atom is 0.339 e. The number of hydrogen-bond donors (Lipinski definition) is 2. The molecule has 0 saturated carbocycles. The van der Waals surface area contributed by atoms with Crippen molar-refractivity contribution in [3.63, 3.8) is 0 Å². The van der Waals surface area contributed by atoms with E-state index in [0.29, 0.717) is 21.8 Å². The third-order valence-corrected chi connectivity index (χ3v) is 4.85. The zero-order chi connectivity index (χ0) is 16.4. The molecule has 116 valence electrons. The monoisotopic (exact) mass is 346 g/mol. The Balaban J connectivity index is 1.98. The first kappa shape index (κ1) is 15.3. The lowest BCUT2D eigenvalue weighted by molar-refractivity contribution is 0.0699. The third-order valence-electron chi connectivity index (χ3n) is 3.02. The van der Waals surface area contributed by atoms with Gasteiger partial charge in [0, 0.05) is 23.3 Å². The van der Waals surface area contributed by atoms with Crippen LogP contribution in [0.25, 0.3) is 11.3 Å². The molecule has 0 saturated heterocycles. The number of carboxylic acid groups (broad SMARTS) is 1. The molecule has 0 atom stereocenters. The van der Waals surface area contributed by atoms with Crippen LogP contribution in [0.2, 0.25) is 0 Å². The van der Waals surface area contributed by atoms with Gasteiger partial charge in [-0.25, -0.2) is 9.78 Å². The van der Waals surface area contributed by atoms with E-state index in [0.717, 1.165) is 11.3 Å². The van der Waals surface area contributed by atoms with Gasteiger partial charge in [0.1, 0.15) is 15.4 Å². The number of aromatic nitrogens is 3.